The average molecular weight is 496 g/mol. The van der Waals surface area contributed by atoms with Gasteiger partial charge >= 0.3 is 6.01 Å². The molecule has 1 N–H and O–H groups in total. The number of likely N-dealkylation sites (tertiary alicyclic amines) is 2. The lowest BCUT2D eigenvalue weighted by atomic mass is 9.79. The fraction of sp³-hybridized carbons (Fsp3) is 0.640. The van der Waals surface area contributed by atoms with Gasteiger partial charge in [-0.2, -0.15) is 15.2 Å². The van der Waals surface area contributed by atoms with E-state index in [9.17, 15) is 20.0 Å². The van der Waals surface area contributed by atoms with E-state index in [1.54, 1.807) is 4.90 Å². The van der Waals surface area contributed by atoms with Crippen LogP contribution in [0, 0.1) is 16.7 Å². The van der Waals surface area contributed by atoms with Crippen molar-refractivity contribution in [3.8, 4) is 12.1 Å². The molecule has 5 rings (SSSR count). The highest BCUT2D eigenvalue weighted by molar-refractivity contribution is 5.98. The maximum atomic E-state index is 12.8. The molecule has 4 aliphatic rings. The van der Waals surface area contributed by atoms with Crippen LogP contribution in [0.3, 0.4) is 0 Å². The van der Waals surface area contributed by atoms with Gasteiger partial charge in [0.2, 0.25) is 5.91 Å². The molecule has 2 amide bonds. The summed E-state index contributed by atoms with van der Waals surface area (Å²) in [7, 11) is 2.06. The zero-order valence-electron chi connectivity index (χ0n) is 20.7. The molecule has 4 saturated heterocycles. The van der Waals surface area contributed by atoms with Crippen LogP contribution >= 0.6 is 0 Å². The number of rotatable bonds is 6. The van der Waals surface area contributed by atoms with Crippen LogP contribution < -0.4 is 14.5 Å². The summed E-state index contributed by atoms with van der Waals surface area (Å²) in [5, 5.41) is 20.3. The first kappa shape index (κ1) is 24.5. The number of aromatic nitrogens is 2. The number of piperidine rings is 1. The minimum absolute atomic E-state index is 0.0543. The Morgan fingerprint density at radius 3 is 2.67 bits per heavy atom. The monoisotopic (exact) mass is 495 g/mol. The van der Waals surface area contributed by atoms with Gasteiger partial charge in [0.05, 0.1) is 0 Å². The first-order valence-electron chi connectivity index (χ1n) is 12.6. The van der Waals surface area contributed by atoms with Crippen molar-refractivity contribution >= 4 is 23.5 Å². The lowest BCUT2D eigenvalue weighted by Gasteiger charge is -2.47. The van der Waals surface area contributed by atoms with Gasteiger partial charge in [0.15, 0.2) is 11.6 Å². The highest BCUT2D eigenvalue weighted by Gasteiger charge is 2.49. The summed E-state index contributed by atoms with van der Waals surface area (Å²) in [4.78, 5) is 41.4. The maximum Gasteiger partial charge on any atom is 0.320 e. The molecule has 4 aliphatic heterocycles. The molecule has 1 spiro atoms. The number of nitriles is 1. The lowest BCUT2D eigenvalue weighted by Crippen LogP contribution is -2.59. The van der Waals surface area contributed by atoms with Crippen molar-refractivity contribution in [3.05, 3.63) is 18.2 Å². The molecular formula is C25H33N7O4. The molecule has 0 saturated carbocycles. The molecule has 1 aromatic rings. The number of likely N-dealkylation sites (N-methyl/N-ethyl adjacent to an activating group) is 1. The molecule has 4 fully saturated rings. The van der Waals surface area contributed by atoms with E-state index in [0.29, 0.717) is 58.0 Å². The molecule has 2 atom stereocenters. The topological polar surface area (TPSA) is 126 Å². The van der Waals surface area contributed by atoms with Crippen LogP contribution in [0.25, 0.3) is 0 Å². The highest BCUT2D eigenvalue weighted by Crippen LogP contribution is 2.43. The Morgan fingerprint density at radius 2 is 1.97 bits per heavy atom. The molecule has 5 heterocycles. The maximum absolute atomic E-state index is 12.8. The minimum atomic E-state index is -1.11. The Morgan fingerprint density at radius 1 is 1.22 bits per heavy atom. The summed E-state index contributed by atoms with van der Waals surface area (Å²) in [6.45, 7) is 7.96. The van der Waals surface area contributed by atoms with Crippen LogP contribution in [-0.4, -0.2) is 102 Å². The quantitative estimate of drug-likeness (QED) is 0.563. The fourth-order valence-electron chi connectivity index (χ4n) is 5.86. The third-order valence-corrected chi connectivity index (χ3v) is 7.98. The van der Waals surface area contributed by atoms with Crippen molar-refractivity contribution < 1.29 is 19.4 Å². The Bertz CT molecular complexity index is 1100. The number of amides is 2. The molecule has 1 unspecified atom stereocenters. The summed E-state index contributed by atoms with van der Waals surface area (Å²) in [6.07, 6.45) is 4.22. The van der Waals surface area contributed by atoms with Gasteiger partial charge in [-0.3, -0.25) is 14.5 Å². The molecule has 1 aromatic heterocycles. The molecule has 11 nitrogen and oxygen atoms in total. The summed E-state index contributed by atoms with van der Waals surface area (Å²) in [5.74, 6) is 0.102. The van der Waals surface area contributed by atoms with Crippen molar-refractivity contribution in [2.45, 2.75) is 44.2 Å². The summed E-state index contributed by atoms with van der Waals surface area (Å²) < 4.78 is 6.04. The molecule has 0 aliphatic carbocycles. The Hall–Kier alpha value is -3.23. The predicted octanol–water partition coefficient (Wildman–Crippen LogP) is 0.534. The second-order valence-electron chi connectivity index (χ2n) is 10.4. The van der Waals surface area contributed by atoms with Gasteiger partial charge in [0, 0.05) is 44.2 Å². The second-order valence-corrected chi connectivity index (χ2v) is 10.4. The number of ether oxygens (including phenoxy) is 1. The summed E-state index contributed by atoms with van der Waals surface area (Å²) in [5.41, 5.74) is 0.152. The zero-order chi connectivity index (χ0) is 25.4. The van der Waals surface area contributed by atoms with Gasteiger partial charge in [0.25, 0.3) is 5.91 Å². The third-order valence-electron chi connectivity index (χ3n) is 7.98. The van der Waals surface area contributed by atoms with Gasteiger partial charge in [-0.05, 0) is 51.8 Å². The fourth-order valence-corrected chi connectivity index (χ4v) is 5.86. The Balaban J connectivity index is 1.44. The first-order valence-corrected chi connectivity index (χ1v) is 12.6. The third kappa shape index (κ3) is 4.40. The number of anilines is 2. The van der Waals surface area contributed by atoms with E-state index in [-0.39, 0.29) is 34.8 Å². The molecule has 0 bridgehead atoms. The summed E-state index contributed by atoms with van der Waals surface area (Å²) in [6, 6.07) is 2.61. The number of aliphatic hydroxyl groups is 1. The Kier molecular flexibility index (Phi) is 6.57. The number of hydrogen-bond donors (Lipinski definition) is 1. The molecule has 192 valence electrons. The van der Waals surface area contributed by atoms with Crippen molar-refractivity contribution in [3.63, 3.8) is 0 Å². The van der Waals surface area contributed by atoms with E-state index in [0.717, 1.165) is 25.8 Å². The van der Waals surface area contributed by atoms with E-state index < -0.39 is 12.0 Å². The van der Waals surface area contributed by atoms with Crippen molar-refractivity contribution in [1.29, 1.82) is 5.26 Å². The van der Waals surface area contributed by atoms with Gasteiger partial charge < -0.3 is 24.5 Å². The van der Waals surface area contributed by atoms with Gasteiger partial charge in [0.1, 0.15) is 24.3 Å². The van der Waals surface area contributed by atoms with E-state index in [2.05, 4.69) is 34.6 Å². The number of carbonyl (C=O) groups is 2. The van der Waals surface area contributed by atoms with Crippen LogP contribution in [0.5, 0.6) is 6.01 Å². The number of hydrogen-bond acceptors (Lipinski definition) is 9. The standard InChI is InChI=1S/C25H33N7O4/c1-3-20(34)31-15-25(16-31)8-11-30(14-25)21-18(12-26)22(32-10-5-7-19(33)23(32)35)28-24(27-21)36-13-17-6-4-9-29(17)2/h3,17,19,33H,1,4-11,13-16H2,2H3/t17-,19?/m0/s1. The number of carbonyl (C=O) groups excluding carboxylic acids is 2. The van der Waals surface area contributed by atoms with Crippen LogP contribution in [0.2, 0.25) is 0 Å². The lowest BCUT2D eigenvalue weighted by molar-refractivity contribution is -0.136. The normalized spacial score (nSPS) is 25.7. The summed E-state index contributed by atoms with van der Waals surface area (Å²) >= 11 is 0. The van der Waals surface area contributed by atoms with Crippen LogP contribution in [0.15, 0.2) is 12.7 Å². The predicted molar refractivity (Wildman–Crippen MR) is 132 cm³/mol. The van der Waals surface area contributed by atoms with Crippen molar-refractivity contribution in [2.75, 3.05) is 62.7 Å². The van der Waals surface area contributed by atoms with Crippen LogP contribution in [-0.2, 0) is 9.59 Å². The SMILES string of the molecule is C=CC(=O)N1CC2(CCN(c3nc(OC[C@@H]4CCCN4C)nc(N4CCCC(O)C4=O)c3C#N)C2)C1. The average Bonchev–Trinajstić information content (AvgIpc) is 3.49. The highest BCUT2D eigenvalue weighted by atomic mass is 16.5. The second kappa shape index (κ2) is 9.67. The van der Waals surface area contributed by atoms with Crippen molar-refractivity contribution in [1.82, 2.24) is 19.8 Å². The number of aliphatic hydroxyl groups excluding tert-OH is 1. The van der Waals surface area contributed by atoms with E-state index in [4.69, 9.17) is 4.74 Å². The number of nitrogens with zero attached hydrogens (tertiary/aromatic N) is 7. The minimum Gasteiger partial charge on any atom is -0.462 e. The Labute approximate surface area is 210 Å². The zero-order valence-corrected chi connectivity index (χ0v) is 20.7. The first-order chi connectivity index (χ1) is 17.3. The van der Waals surface area contributed by atoms with Crippen LogP contribution in [0.4, 0.5) is 11.6 Å². The van der Waals surface area contributed by atoms with E-state index >= 15 is 0 Å². The molecule has 11 heteroatoms. The largest absolute Gasteiger partial charge is 0.462 e. The molecule has 0 radical (unpaired) electrons. The molecule has 0 aromatic carbocycles. The van der Waals surface area contributed by atoms with Gasteiger partial charge in [-0.1, -0.05) is 6.58 Å². The van der Waals surface area contributed by atoms with Gasteiger partial charge in [-0.15, -0.1) is 0 Å². The smallest absolute Gasteiger partial charge is 0.320 e. The van der Waals surface area contributed by atoms with E-state index in [1.807, 2.05) is 4.90 Å². The molecular weight excluding hydrogens is 462 g/mol. The van der Waals surface area contributed by atoms with Crippen LogP contribution in [0.1, 0.15) is 37.7 Å². The molecule has 36 heavy (non-hydrogen) atoms. The van der Waals surface area contributed by atoms with Gasteiger partial charge in [-0.25, -0.2) is 0 Å². The van der Waals surface area contributed by atoms with Crippen molar-refractivity contribution in [2.24, 2.45) is 5.41 Å². The van der Waals surface area contributed by atoms with E-state index in [1.165, 1.54) is 11.0 Å².